The molecule has 1 aromatic heterocycles. The predicted octanol–water partition coefficient (Wildman–Crippen LogP) is 2.71. The Morgan fingerprint density at radius 3 is 2.50 bits per heavy atom. The van der Waals surface area contributed by atoms with Crippen molar-refractivity contribution in [2.45, 2.75) is 12.3 Å². The maximum Gasteiger partial charge on any atom is 0.247 e. The van der Waals surface area contributed by atoms with Crippen LogP contribution in [0.15, 0.2) is 12.1 Å². The largest absolute Gasteiger partial charge is 0.330 e. The maximum absolute atomic E-state index is 12.3. The number of hydrogen-bond acceptors (Lipinski definition) is 2. The highest BCUT2D eigenvalue weighted by molar-refractivity contribution is 7.16. The molecule has 0 amide bonds. The van der Waals surface area contributed by atoms with Crippen LogP contribution in [0, 0.1) is 0 Å². The lowest BCUT2D eigenvalue weighted by Gasteiger charge is -2.10. The third-order valence-corrected chi connectivity index (χ3v) is 2.88. The summed E-state index contributed by atoms with van der Waals surface area (Å²) in [6, 6.07) is 3.20. The average Bonchev–Trinajstić information content (AvgIpc) is 2.37. The fourth-order valence-corrected chi connectivity index (χ4v) is 2.05. The minimum atomic E-state index is -2.41. The lowest BCUT2D eigenvalue weighted by atomic mass is 10.1. The molecule has 68 valence electrons. The van der Waals surface area contributed by atoms with Gasteiger partial charge in [0, 0.05) is 11.4 Å². The summed E-state index contributed by atoms with van der Waals surface area (Å²) in [4.78, 5) is 0.553. The fraction of sp³-hybridized carbons (Fsp3) is 0.429. The molecule has 0 aliphatic rings. The van der Waals surface area contributed by atoms with Crippen molar-refractivity contribution in [1.29, 1.82) is 0 Å². The van der Waals surface area contributed by atoms with Crippen molar-refractivity contribution >= 4 is 22.9 Å². The first-order valence-electron chi connectivity index (χ1n) is 3.38. The molecule has 1 rings (SSSR count). The number of rotatable bonds is 3. The zero-order valence-electron chi connectivity index (χ0n) is 6.14. The number of thiophene rings is 1. The van der Waals surface area contributed by atoms with Gasteiger partial charge in [0.15, 0.2) is 0 Å². The highest BCUT2D eigenvalue weighted by atomic mass is 35.5. The van der Waals surface area contributed by atoms with Crippen LogP contribution in [0.25, 0.3) is 0 Å². The van der Waals surface area contributed by atoms with E-state index in [2.05, 4.69) is 0 Å². The SMILES string of the molecule is NCC(c1ccc(Cl)s1)C(F)F. The Morgan fingerprint density at radius 2 is 2.17 bits per heavy atom. The number of hydrogen-bond donors (Lipinski definition) is 1. The topological polar surface area (TPSA) is 26.0 Å². The van der Waals surface area contributed by atoms with Crippen molar-refractivity contribution < 1.29 is 8.78 Å². The van der Waals surface area contributed by atoms with Gasteiger partial charge in [0.1, 0.15) is 0 Å². The van der Waals surface area contributed by atoms with Gasteiger partial charge in [0.05, 0.1) is 10.3 Å². The number of halogens is 3. The summed E-state index contributed by atoms with van der Waals surface area (Å²) in [5.74, 6) is -0.873. The quantitative estimate of drug-likeness (QED) is 0.818. The molecule has 12 heavy (non-hydrogen) atoms. The molecule has 0 spiro atoms. The Labute approximate surface area is 78.1 Å². The van der Waals surface area contributed by atoms with Crippen molar-refractivity contribution in [3.8, 4) is 0 Å². The van der Waals surface area contributed by atoms with Gasteiger partial charge in [0.25, 0.3) is 0 Å². The third kappa shape index (κ3) is 2.15. The molecule has 0 radical (unpaired) electrons. The van der Waals surface area contributed by atoms with Crippen LogP contribution in [0.3, 0.4) is 0 Å². The van der Waals surface area contributed by atoms with E-state index in [1.165, 1.54) is 0 Å². The van der Waals surface area contributed by atoms with Gasteiger partial charge in [0.2, 0.25) is 6.43 Å². The van der Waals surface area contributed by atoms with Crippen LogP contribution < -0.4 is 5.73 Å². The molecule has 0 aliphatic heterocycles. The molecule has 0 aliphatic carbocycles. The van der Waals surface area contributed by atoms with Crippen LogP contribution in [-0.2, 0) is 0 Å². The Balaban J connectivity index is 2.80. The first-order valence-corrected chi connectivity index (χ1v) is 4.58. The van der Waals surface area contributed by atoms with E-state index in [0.29, 0.717) is 9.21 Å². The second-order valence-corrected chi connectivity index (χ2v) is 4.07. The van der Waals surface area contributed by atoms with E-state index in [1.54, 1.807) is 12.1 Å². The van der Waals surface area contributed by atoms with Gasteiger partial charge in [-0.1, -0.05) is 11.6 Å². The van der Waals surface area contributed by atoms with Gasteiger partial charge in [-0.25, -0.2) is 8.78 Å². The molecule has 1 aromatic rings. The molecular weight excluding hydrogens is 204 g/mol. The summed E-state index contributed by atoms with van der Waals surface area (Å²) >= 11 is 6.75. The maximum atomic E-state index is 12.3. The zero-order chi connectivity index (χ0) is 9.14. The van der Waals surface area contributed by atoms with Crippen molar-refractivity contribution in [3.05, 3.63) is 21.3 Å². The van der Waals surface area contributed by atoms with Crippen molar-refractivity contribution in [3.63, 3.8) is 0 Å². The Bertz CT molecular complexity index is 251. The molecule has 0 aromatic carbocycles. The van der Waals surface area contributed by atoms with E-state index in [-0.39, 0.29) is 6.54 Å². The first kappa shape index (κ1) is 9.89. The molecule has 2 N–H and O–H groups in total. The van der Waals surface area contributed by atoms with Crippen LogP contribution in [0.4, 0.5) is 8.78 Å². The van der Waals surface area contributed by atoms with E-state index >= 15 is 0 Å². The summed E-state index contributed by atoms with van der Waals surface area (Å²) in [5.41, 5.74) is 5.20. The fourth-order valence-electron chi connectivity index (χ4n) is 0.871. The van der Waals surface area contributed by atoms with Gasteiger partial charge in [-0.15, -0.1) is 11.3 Å². The predicted molar refractivity (Wildman–Crippen MR) is 47.1 cm³/mol. The smallest absolute Gasteiger partial charge is 0.247 e. The van der Waals surface area contributed by atoms with Crippen molar-refractivity contribution in [2.75, 3.05) is 6.54 Å². The molecule has 1 atom stereocenters. The van der Waals surface area contributed by atoms with Crippen molar-refractivity contribution in [2.24, 2.45) is 5.73 Å². The molecule has 1 unspecified atom stereocenters. The molecule has 0 saturated heterocycles. The van der Waals surface area contributed by atoms with Gasteiger partial charge >= 0.3 is 0 Å². The minimum Gasteiger partial charge on any atom is -0.330 e. The van der Waals surface area contributed by atoms with E-state index in [0.717, 1.165) is 11.3 Å². The lowest BCUT2D eigenvalue weighted by Crippen LogP contribution is -2.18. The van der Waals surface area contributed by atoms with Crippen LogP contribution in [0.1, 0.15) is 10.8 Å². The highest BCUT2D eigenvalue weighted by Gasteiger charge is 2.22. The second-order valence-electron chi connectivity index (χ2n) is 2.32. The summed E-state index contributed by atoms with van der Waals surface area (Å²) < 4.78 is 25.1. The Morgan fingerprint density at radius 1 is 1.50 bits per heavy atom. The summed E-state index contributed by atoms with van der Waals surface area (Å²) in [7, 11) is 0. The van der Waals surface area contributed by atoms with Gasteiger partial charge in [-0.05, 0) is 12.1 Å². The van der Waals surface area contributed by atoms with E-state index in [9.17, 15) is 8.78 Å². The van der Waals surface area contributed by atoms with Crippen LogP contribution >= 0.6 is 22.9 Å². The van der Waals surface area contributed by atoms with Crippen LogP contribution in [0.2, 0.25) is 4.34 Å². The molecule has 1 heterocycles. The van der Waals surface area contributed by atoms with Crippen molar-refractivity contribution in [1.82, 2.24) is 0 Å². The Hall–Kier alpha value is -0.190. The van der Waals surface area contributed by atoms with Gasteiger partial charge < -0.3 is 5.73 Å². The highest BCUT2D eigenvalue weighted by Crippen LogP contribution is 2.31. The number of nitrogens with two attached hydrogens (primary N) is 1. The third-order valence-electron chi connectivity index (χ3n) is 1.52. The summed E-state index contributed by atoms with van der Waals surface area (Å²) in [6.45, 7) is -0.0471. The van der Waals surface area contributed by atoms with E-state index < -0.39 is 12.3 Å². The average molecular weight is 212 g/mol. The van der Waals surface area contributed by atoms with Crippen LogP contribution in [-0.4, -0.2) is 13.0 Å². The van der Waals surface area contributed by atoms with Gasteiger partial charge in [-0.3, -0.25) is 0 Å². The molecule has 0 saturated carbocycles. The molecular formula is C7H8ClF2NS. The minimum absolute atomic E-state index is 0.0471. The molecule has 0 bridgehead atoms. The molecule has 5 heteroatoms. The van der Waals surface area contributed by atoms with E-state index in [4.69, 9.17) is 17.3 Å². The monoisotopic (exact) mass is 211 g/mol. The van der Waals surface area contributed by atoms with E-state index in [1.807, 2.05) is 0 Å². The van der Waals surface area contributed by atoms with Gasteiger partial charge in [-0.2, -0.15) is 0 Å². The normalized spacial score (nSPS) is 13.8. The summed E-state index contributed by atoms with van der Waals surface area (Å²) in [5, 5.41) is 0. The van der Waals surface area contributed by atoms with Crippen LogP contribution in [0.5, 0.6) is 0 Å². The standard InChI is InChI=1S/C7H8ClF2NS/c8-6-2-1-5(12-6)4(3-11)7(9)10/h1-2,4,7H,3,11H2. The molecule has 0 fully saturated rings. The zero-order valence-corrected chi connectivity index (χ0v) is 7.71. The molecule has 1 nitrogen and oxygen atoms in total. The summed E-state index contributed by atoms with van der Waals surface area (Å²) in [6.07, 6.45) is -2.41. The second kappa shape index (κ2) is 4.16. The lowest BCUT2D eigenvalue weighted by molar-refractivity contribution is 0.118. The number of alkyl halides is 2. The Kier molecular flexibility index (Phi) is 3.43. The first-order chi connectivity index (χ1) is 5.65.